The molecule has 1 rings (SSSR count). The van der Waals surface area contributed by atoms with Gasteiger partial charge in [0.15, 0.2) is 0 Å². The molecule has 0 unspecified atom stereocenters. The molecule has 0 saturated carbocycles. The second-order valence-electron chi connectivity index (χ2n) is 7.99. The van der Waals surface area contributed by atoms with Crippen LogP contribution in [0, 0.1) is 6.92 Å². The van der Waals surface area contributed by atoms with Gasteiger partial charge in [-0.25, -0.2) is 4.79 Å². The summed E-state index contributed by atoms with van der Waals surface area (Å²) in [5.74, 6) is -1.02. The van der Waals surface area contributed by atoms with Gasteiger partial charge in [-0.05, 0) is 37.0 Å². The summed E-state index contributed by atoms with van der Waals surface area (Å²) < 4.78 is 0. The Kier molecular flexibility index (Phi) is 16.5. The van der Waals surface area contributed by atoms with Crippen LogP contribution in [0.3, 0.4) is 0 Å². The van der Waals surface area contributed by atoms with Crippen LogP contribution >= 0.6 is 23.2 Å². The minimum Gasteiger partial charge on any atom is -0.478 e. The second kappa shape index (κ2) is 17.0. The lowest BCUT2D eigenvalue weighted by Gasteiger charge is -2.12. The lowest BCUT2D eigenvalue weighted by molar-refractivity contribution is 0.0697. The molecule has 1 aromatic rings. The first kappa shape index (κ1) is 28.2. The Morgan fingerprint density at radius 3 is 1.62 bits per heavy atom. The van der Waals surface area contributed by atoms with Crippen LogP contribution in [0.25, 0.3) is 0 Å². The average molecular weight is 447 g/mol. The van der Waals surface area contributed by atoms with Crippen LogP contribution in [-0.4, -0.2) is 11.1 Å². The molecule has 29 heavy (non-hydrogen) atoms. The Morgan fingerprint density at radius 1 is 0.793 bits per heavy atom. The molecule has 0 heterocycles. The van der Waals surface area contributed by atoms with Crippen molar-refractivity contribution in [2.75, 3.05) is 0 Å². The molecule has 0 aliphatic carbocycles. The smallest absolute Gasteiger partial charge is 0.337 e. The van der Waals surface area contributed by atoms with Crippen LogP contribution < -0.4 is 6.15 Å². The van der Waals surface area contributed by atoms with Crippen LogP contribution in [0.4, 0.5) is 0 Å². The summed E-state index contributed by atoms with van der Waals surface area (Å²) in [6.07, 6.45) is 19.5. The van der Waals surface area contributed by atoms with E-state index in [1.54, 1.807) is 6.07 Å². The van der Waals surface area contributed by atoms with Gasteiger partial charge in [-0.2, -0.15) is 0 Å². The third kappa shape index (κ3) is 11.3. The molecule has 0 aromatic heterocycles. The molecule has 0 aliphatic rings. The second-order valence-corrected chi connectivity index (χ2v) is 8.74. The zero-order valence-corrected chi connectivity index (χ0v) is 20.0. The monoisotopic (exact) mass is 445 g/mol. The average Bonchev–Trinajstić information content (AvgIpc) is 2.67. The van der Waals surface area contributed by atoms with Crippen LogP contribution in [-0.2, 0) is 6.42 Å². The summed E-state index contributed by atoms with van der Waals surface area (Å²) in [4.78, 5) is 11.3. The van der Waals surface area contributed by atoms with Gasteiger partial charge in [-0.1, -0.05) is 114 Å². The maximum atomic E-state index is 11.3. The SMILES string of the molecule is CCCCCCCCCCCCCCCCc1cc(C(=O)O)c(Cl)c(Cl)c1C.N. The number of carboxylic acid groups (broad SMARTS) is 1. The predicted octanol–water partition coefficient (Wildman–Crippen LogP) is 9.19. The highest BCUT2D eigenvalue weighted by Crippen LogP contribution is 2.32. The van der Waals surface area contributed by atoms with Crippen LogP contribution in [0.1, 0.15) is 118 Å². The summed E-state index contributed by atoms with van der Waals surface area (Å²) in [7, 11) is 0. The summed E-state index contributed by atoms with van der Waals surface area (Å²) >= 11 is 12.2. The molecule has 0 fully saturated rings. The molecule has 168 valence electrons. The van der Waals surface area contributed by atoms with E-state index in [1.165, 1.54) is 83.5 Å². The van der Waals surface area contributed by atoms with Crippen molar-refractivity contribution in [1.29, 1.82) is 0 Å². The van der Waals surface area contributed by atoms with Gasteiger partial charge >= 0.3 is 5.97 Å². The summed E-state index contributed by atoms with van der Waals surface area (Å²) in [6, 6.07) is 1.69. The van der Waals surface area contributed by atoms with E-state index in [4.69, 9.17) is 23.2 Å². The fourth-order valence-corrected chi connectivity index (χ4v) is 4.20. The molecule has 1 aromatic carbocycles. The van der Waals surface area contributed by atoms with Crippen molar-refractivity contribution < 1.29 is 9.90 Å². The molecular weight excluding hydrogens is 405 g/mol. The Hall–Kier alpha value is -0.770. The van der Waals surface area contributed by atoms with E-state index in [0.29, 0.717) is 5.02 Å². The number of aryl methyl sites for hydroxylation is 1. The topological polar surface area (TPSA) is 72.3 Å². The number of unbranched alkanes of at least 4 members (excludes halogenated alkanes) is 13. The normalized spacial score (nSPS) is 10.8. The summed E-state index contributed by atoms with van der Waals surface area (Å²) in [6.45, 7) is 4.18. The highest BCUT2D eigenvalue weighted by molar-refractivity contribution is 6.44. The Balaban J connectivity index is 0.00000784. The molecule has 0 atom stereocenters. The molecule has 4 N–H and O–H groups in total. The van der Waals surface area contributed by atoms with Crippen molar-refractivity contribution in [3.8, 4) is 0 Å². The van der Waals surface area contributed by atoms with Gasteiger partial charge in [-0.15, -0.1) is 0 Å². The highest BCUT2D eigenvalue weighted by Gasteiger charge is 2.16. The van der Waals surface area contributed by atoms with E-state index in [1.807, 2.05) is 6.92 Å². The first-order chi connectivity index (χ1) is 13.5. The Morgan fingerprint density at radius 2 is 1.21 bits per heavy atom. The van der Waals surface area contributed by atoms with Crippen molar-refractivity contribution >= 4 is 29.2 Å². The standard InChI is InChI=1S/C24H38Cl2O2.H3N/c1-3-4-5-6-7-8-9-10-11-12-13-14-15-16-17-20-18-21(24(27)28)23(26)22(25)19(20)2;/h18H,3-17H2,1-2H3,(H,27,28);1H3. The van der Waals surface area contributed by atoms with Crippen molar-refractivity contribution in [2.45, 2.75) is 110 Å². The van der Waals surface area contributed by atoms with E-state index in [-0.39, 0.29) is 16.7 Å². The van der Waals surface area contributed by atoms with Gasteiger partial charge in [-0.3, -0.25) is 0 Å². The van der Waals surface area contributed by atoms with E-state index >= 15 is 0 Å². The van der Waals surface area contributed by atoms with E-state index in [9.17, 15) is 9.90 Å². The highest BCUT2D eigenvalue weighted by atomic mass is 35.5. The summed E-state index contributed by atoms with van der Waals surface area (Å²) in [5.41, 5.74) is 2.02. The number of aromatic carboxylic acids is 1. The Bertz CT molecular complexity index is 591. The number of benzene rings is 1. The number of hydrogen-bond acceptors (Lipinski definition) is 2. The van der Waals surface area contributed by atoms with Gasteiger partial charge in [0.05, 0.1) is 15.6 Å². The number of rotatable bonds is 16. The molecule has 0 radical (unpaired) electrons. The molecule has 0 aliphatic heterocycles. The number of hydrogen-bond donors (Lipinski definition) is 2. The maximum Gasteiger partial charge on any atom is 0.337 e. The number of carbonyl (C=O) groups is 1. The molecule has 0 bridgehead atoms. The number of halogens is 2. The zero-order valence-electron chi connectivity index (χ0n) is 18.5. The lowest BCUT2D eigenvalue weighted by Crippen LogP contribution is -2.02. The van der Waals surface area contributed by atoms with Crippen molar-refractivity contribution in [3.63, 3.8) is 0 Å². The minimum atomic E-state index is -1.02. The molecular formula is C24H41Cl2NO2. The first-order valence-corrected chi connectivity index (χ1v) is 11.9. The fourth-order valence-electron chi connectivity index (χ4n) is 3.69. The van der Waals surface area contributed by atoms with Gasteiger partial charge in [0.25, 0.3) is 0 Å². The molecule has 3 nitrogen and oxygen atoms in total. The quantitative estimate of drug-likeness (QED) is 0.249. The largest absolute Gasteiger partial charge is 0.478 e. The predicted molar refractivity (Wildman–Crippen MR) is 127 cm³/mol. The van der Waals surface area contributed by atoms with Gasteiger partial charge < -0.3 is 11.3 Å². The van der Waals surface area contributed by atoms with Crippen molar-refractivity contribution in [3.05, 3.63) is 32.8 Å². The van der Waals surface area contributed by atoms with Crippen LogP contribution in [0.2, 0.25) is 10.0 Å². The van der Waals surface area contributed by atoms with E-state index in [2.05, 4.69) is 6.92 Å². The van der Waals surface area contributed by atoms with Gasteiger partial charge in [0.2, 0.25) is 0 Å². The third-order valence-corrected chi connectivity index (χ3v) is 6.55. The lowest BCUT2D eigenvalue weighted by atomic mass is 9.98. The van der Waals surface area contributed by atoms with Crippen molar-refractivity contribution in [1.82, 2.24) is 6.15 Å². The molecule has 5 heteroatoms. The minimum absolute atomic E-state index is 0. The van der Waals surface area contributed by atoms with Gasteiger partial charge in [0, 0.05) is 0 Å². The van der Waals surface area contributed by atoms with E-state index in [0.717, 1.165) is 24.0 Å². The van der Waals surface area contributed by atoms with Crippen LogP contribution in [0.15, 0.2) is 6.07 Å². The van der Waals surface area contributed by atoms with Crippen LogP contribution in [0.5, 0.6) is 0 Å². The molecule has 0 saturated heterocycles. The Labute approximate surface area is 188 Å². The number of carboxylic acids is 1. The first-order valence-electron chi connectivity index (χ1n) is 11.2. The zero-order chi connectivity index (χ0) is 20.8. The van der Waals surface area contributed by atoms with Gasteiger partial charge in [0.1, 0.15) is 0 Å². The third-order valence-electron chi connectivity index (χ3n) is 5.59. The molecule has 0 amide bonds. The van der Waals surface area contributed by atoms with Crippen molar-refractivity contribution in [2.24, 2.45) is 0 Å². The van der Waals surface area contributed by atoms with E-state index < -0.39 is 5.97 Å². The molecule has 0 spiro atoms. The maximum absolute atomic E-state index is 11.3. The fraction of sp³-hybridized carbons (Fsp3) is 0.708. The summed E-state index contributed by atoms with van der Waals surface area (Å²) in [5, 5.41) is 9.78.